The Kier molecular flexibility index (Phi) is 2.70. The van der Waals surface area contributed by atoms with Crippen molar-refractivity contribution in [3.8, 4) is 11.3 Å². The van der Waals surface area contributed by atoms with Crippen molar-refractivity contribution in [1.29, 1.82) is 0 Å². The molecule has 1 aromatic heterocycles. The summed E-state index contributed by atoms with van der Waals surface area (Å²) in [4.78, 5) is 7.04. The molecule has 0 aliphatic carbocycles. The molecule has 78 valence electrons. The Morgan fingerprint density at radius 1 is 1.33 bits per heavy atom. The minimum absolute atomic E-state index is 0.288. The molecule has 0 saturated carbocycles. The van der Waals surface area contributed by atoms with Gasteiger partial charge >= 0.3 is 0 Å². The van der Waals surface area contributed by atoms with Crippen LogP contribution in [0.1, 0.15) is 5.82 Å². The van der Waals surface area contributed by atoms with Crippen molar-refractivity contribution in [2.24, 2.45) is 5.73 Å². The molecule has 2 rings (SSSR count). The van der Waals surface area contributed by atoms with E-state index in [9.17, 15) is 4.39 Å². The van der Waals surface area contributed by atoms with Crippen molar-refractivity contribution in [2.75, 3.05) is 0 Å². The Hall–Kier alpha value is -1.39. The second-order valence-corrected chi connectivity index (χ2v) is 3.44. The van der Waals surface area contributed by atoms with Crippen LogP contribution >= 0.6 is 11.6 Å². The van der Waals surface area contributed by atoms with Gasteiger partial charge in [-0.3, -0.25) is 0 Å². The number of aromatic amines is 1. The zero-order chi connectivity index (χ0) is 10.8. The second-order valence-electron chi connectivity index (χ2n) is 3.06. The molecular weight excluding hydrogens is 217 g/mol. The van der Waals surface area contributed by atoms with E-state index in [1.807, 2.05) is 0 Å². The van der Waals surface area contributed by atoms with E-state index in [1.165, 1.54) is 12.1 Å². The number of imidazole rings is 1. The number of aromatic nitrogens is 2. The lowest BCUT2D eigenvalue weighted by Crippen LogP contribution is -1.97. The first-order valence-electron chi connectivity index (χ1n) is 4.41. The monoisotopic (exact) mass is 225 g/mol. The van der Waals surface area contributed by atoms with Crippen LogP contribution in [-0.2, 0) is 6.54 Å². The van der Waals surface area contributed by atoms with Gasteiger partial charge < -0.3 is 10.7 Å². The third-order valence-corrected chi connectivity index (χ3v) is 2.29. The summed E-state index contributed by atoms with van der Waals surface area (Å²) >= 11 is 5.93. The molecule has 3 nitrogen and oxygen atoms in total. The number of benzene rings is 1. The maximum absolute atomic E-state index is 12.7. The Balaban J connectivity index is 2.44. The third kappa shape index (κ3) is 2.00. The van der Waals surface area contributed by atoms with Crippen LogP contribution in [0.25, 0.3) is 11.3 Å². The van der Waals surface area contributed by atoms with E-state index in [0.717, 1.165) is 5.56 Å². The van der Waals surface area contributed by atoms with Crippen LogP contribution in [0.5, 0.6) is 0 Å². The van der Waals surface area contributed by atoms with E-state index in [4.69, 9.17) is 17.3 Å². The molecule has 0 atom stereocenters. The molecule has 0 radical (unpaired) electrons. The van der Waals surface area contributed by atoms with Gasteiger partial charge in [-0.05, 0) is 24.3 Å². The molecule has 3 N–H and O–H groups in total. The summed E-state index contributed by atoms with van der Waals surface area (Å²) in [6.07, 6.45) is 0. The summed E-state index contributed by atoms with van der Waals surface area (Å²) in [5.41, 5.74) is 6.78. The summed E-state index contributed by atoms with van der Waals surface area (Å²) in [5, 5.41) is 0.419. The molecule has 0 fully saturated rings. The van der Waals surface area contributed by atoms with E-state index in [0.29, 0.717) is 23.2 Å². The number of halogens is 2. The maximum atomic E-state index is 12.7. The highest BCUT2D eigenvalue weighted by Crippen LogP contribution is 2.25. The highest BCUT2D eigenvalue weighted by Gasteiger charge is 2.09. The normalized spacial score (nSPS) is 10.6. The molecule has 2 aromatic rings. The van der Waals surface area contributed by atoms with Gasteiger partial charge in [0.15, 0.2) is 0 Å². The lowest BCUT2D eigenvalue weighted by Gasteiger charge is -1.96. The fraction of sp³-hybridized carbons (Fsp3) is 0.100. The van der Waals surface area contributed by atoms with Crippen LogP contribution in [0.15, 0.2) is 24.3 Å². The van der Waals surface area contributed by atoms with Crippen LogP contribution in [0, 0.1) is 5.82 Å². The molecule has 0 unspecified atom stereocenters. The smallest absolute Gasteiger partial charge is 0.134 e. The number of hydrogen-bond acceptors (Lipinski definition) is 2. The highest BCUT2D eigenvalue weighted by molar-refractivity contribution is 6.31. The maximum Gasteiger partial charge on any atom is 0.134 e. The fourth-order valence-corrected chi connectivity index (χ4v) is 1.55. The van der Waals surface area contributed by atoms with E-state index >= 15 is 0 Å². The summed E-state index contributed by atoms with van der Waals surface area (Å²) < 4.78 is 12.7. The van der Waals surface area contributed by atoms with Crippen LogP contribution in [0.3, 0.4) is 0 Å². The predicted molar refractivity (Wildman–Crippen MR) is 56.9 cm³/mol. The van der Waals surface area contributed by atoms with E-state index in [2.05, 4.69) is 9.97 Å². The number of nitrogens with one attached hydrogen (secondary N) is 1. The Labute approximate surface area is 91.1 Å². The molecule has 0 amide bonds. The van der Waals surface area contributed by atoms with Gasteiger partial charge in [-0.15, -0.1) is 0 Å². The van der Waals surface area contributed by atoms with Crippen molar-refractivity contribution in [1.82, 2.24) is 9.97 Å². The summed E-state index contributed by atoms with van der Waals surface area (Å²) in [6, 6.07) is 5.97. The molecule has 0 bridgehead atoms. The first-order chi connectivity index (χ1) is 7.20. The molecule has 1 aromatic carbocycles. The number of hydrogen-bond donors (Lipinski definition) is 2. The SMILES string of the molecule is NCc1nc(-c2ccc(F)cc2)c(Cl)[nH]1. The molecule has 0 saturated heterocycles. The number of H-pyrrole nitrogens is 1. The van der Waals surface area contributed by atoms with Gasteiger partial charge in [0, 0.05) is 5.56 Å². The minimum atomic E-state index is -0.288. The first-order valence-corrected chi connectivity index (χ1v) is 4.79. The van der Waals surface area contributed by atoms with E-state index in [1.54, 1.807) is 12.1 Å². The van der Waals surface area contributed by atoms with Crippen molar-refractivity contribution in [3.05, 3.63) is 41.1 Å². The first kappa shape index (κ1) is 10.1. The van der Waals surface area contributed by atoms with Crippen LogP contribution < -0.4 is 5.73 Å². The van der Waals surface area contributed by atoms with Crippen molar-refractivity contribution >= 4 is 11.6 Å². The average Bonchev–Trinajstić information content (AvgIpc) is 2.61. The van der Waals surface area contributed by atoms with Crippen molar-refractivity contribution in [3.63, 3.8) is 0 Å². The van der Waals surface area contributed by atoms with E-state index in [-0.39, 0.29) is 5.82 Å². The van der Waals surface area contributed by atoms with Gasteiger partial charge in [0.2, 0.25) is 0 Å². The molecule has 0 aliphatic rings. The zero-order valence-electron chi connectivity index (χ0n) is 7.80. The lowest BCUT2D eigenvalue weighted by atomic mass is 10.2. The second kappa shape index (κ2) is 4.00. The summed E-state index contributed by atoms with van der Waals surface area (Å²) in [7, 11) is 0. The summed E-state index contributed by atoms with van der Waals surface area (Å²) in [6.45, 7) is 0.293. The minimum Gasteiger partial charge on any atom is -0.331 e. The Morgan fingerprint density at radius 2 is 2.00 bits per heavy atom. The van der Waals surface area contributed by atoms with Crippen LogP contribution in [0.4, 0.5) is 4.39 Å². The van der Waals surface area contributed by atoms with Crippen LogP contribution in [0.2, 0.25) is 5.15 Å². The van der Waals surface area contributed by atoms with Gasteiger partial charge in [-0.1, -0.05) is 11.6 Å². The van der Waals surface area contributed by atoms with Crippen LogP contribution in [-0.4, -0.2) is 9.97 Å². The van der Waals surface area contributed by atoms with Gasteiger partial charge in [0.05, 0.1) is 6.54 Å². The quantitative estimate of drug-likeness (QED) is 0.824. The molecular formula is C10H9ClFN3. The number of rotatable bonds is 2. The highest BCUT2D eigenvalue weighted by atomic mass is 35.5. The molecule has 1 heterocycles. The Morgan fingerprint density at radius 3 is 2.53 bits per heavy atom. The standard InChI is InChI=1S/C10H9ClFN3/c11-10-9(14-8(5-13)15-10)6-1-3-7(12)4-2-6/h1-4H,5,13H2,(H,14,15). The van der Waals surface area contributed by atoms with Crippen molar-refractivity contribution < 1.29 is 4.39 Å². The molecule has 0 spiro atoms. The summed E-state index contributed by atoms with van der Waals surface area (Å²) in [5.74, 6) is 0.323. The van der Waals surface area contributed by atoms with Gasteiger partial charge in [-0.2, -0.15) is 0 Å². The molecule has 15 heavy (non-hydrogen) atoms. The molecule has 0 aliphatic heterocycles. The lowest BCUT2D eigenvalue weighted by molar-refractivity contribution is 0.628. The fourth-order valence-electron chi connectivity index (χ4n) is 1.29. The largest absolute Gasteiger partial charge is 0.331 e. The van der Waals surface area contributed by atoms with Crippen molar-refractivity contribution in [2.45, 2.75) is 6.54 Å². The average molecular weight is 226 g/mol. The predicted octanol–water partition coefficient (Wildman–Crippen LogP) is 2.33. The number of nitrogens with two attached hydrogens (primary N) is 1. The topological polar surface area (TPSA) is 54.7 Å². The zero-order valence-corrected chi connectivity index (χ0v) is 8.55. The Bertz CT molecular complexity index is 464. The van der Waals surface area contributed by atoms with Gasteiger partial charge in [0.1, 0.15) is 22.5 Å². The van der Waals surface area contributed by atoms with E-state index < -0.39 is 0 Å². The number of nitrogens with zero attached hydrogens (tertiary/aromatic N) is 1. The van der Waals surface area contributed by atoms with Gasteiger partial charge in [0.25, 0.3) is 0 Å². The molecule has 5 heteroatoms. The van der Waals surface area contributed by atoms with Gasteiger partial charge in [-0.25, -0.2) is 9.37 Å². The third-order valence-electron chi connectivity index (χ3n) is 2.02.